The predicted molar refractivity (Wildman–Crippen MR) is 109 cm³/mol. The van der Waals surface area contributed by atoms with Crippen molar-refractivity contribution in [3.8, 4) is 5.88 Å². The Hall–Kier alpha value is -2.51. The van der Waals surface area contributed by atoms with Gasteiger partial charge in [-0.25, -0.2) is 9.78 Å². The van der Waals surface area contributed by atoms with Crippen molar-refractivity contribution in [2.24, 2.45) is 0 Å². The summed E-state index contributed by atoms with van der Waals surface area (Å²) in [6, 6.07) is 11.4. The molecule has 2 heterocycles. The molecule has 2 aromatic rings. The summed E-state index contributed by atoms with van der Waals surface area (Å²) in [5.74, 6) is 0.544. The maximum Gasteiger partial charge on any atom is 0.317 e. The van der Waals surface area contributed by atoms with Gasteiger partial charge in [-0.3, -0.25) is 0 Å². The Morgan fingerprint density at radius 1 is 1.14 bits per heavy atom. The van der Waals surface area contributed by atoms with Gasteiger partial charge in [-0.05, 0) is 17.7 Å². The summed E-state index contributed by atoms with van der Waals surface area (Å²) >= 11 is 6.26. The number of methoxy groups -OCH3 is 1. The minimum Gasteiger partial charge on any atom is -0.475 e. The number of para-hydroxylation sites is 1. The lowest BCUT2D eigenvalue weighted by molar-refractivity contribution is 0.143. The molecule has 0 spiro atoms. The minimum atomic E-state index is -0.0702. The van der Waals surface area contributed by atoms with Gasteiger partial charge in [-0.2, -0.15) is 0 Å². The number of piperazine rings is 1. The summed E-state index contributed by atoms with van der Waals surface area (Å²) in [5.41, 5.74) is 1.94. The summed E-state index contributed by atoms with van der Waals surface area (Å²) in [7, 11) is 1.62. The van der Waals surface area contributed by atoms with Crippen LogP contribution < -0.4 is 15.0 Å². The van der Waals surface area contributed by atoms with Crippen molar-refractivity contribution in [1.29, 1.82) is 0 Å². The molecule has 0 unspecified atom stereocenters. The second-order valence-corrected chi connectivity index (χ2v) is 6.84. The molecule has 1 aliphatic heterocycles. The number of carbonyl (C=O) groups excluding carboxylic acids is 1. The molecule has 2 amide bonds. The van der Waals surface area contributed by atoms with E-state index < -0.39 is 0 Å². The van der Waals surface area contributed by atoms with Gasteiger partial charge in [-0.15, -0.1) is 0 Å². The fraction of sp³-hybridized carbons (Fsp3) is 0.400. The number of amides is 2. The number of pyridine rings is 1. The Kier molecular flexibility index (Phi) is 7.33. The van der Waals surface area contributed by atoms with Gasteiger partial charge in [-0.1, -0.05) is 29.8 Å². The highest BCUT2D eigenvalue weighted by Crippen LogP contribution is 2.26. The minimum absolute atomic E-state index is 0.0702. The van der Waals surface area contributed by atoms with Crippen LogP contribution in [0.4, 0.5) is 10.5 Å². The molecule has 1 aromatic carbocycles. The first-order valence-electron chi connectivity index (χ1n) is 9.26. The molecule has 1 aromatic heterocycles. The first-order chi connectivity index (χ1) is 13.7. The van der Waals surface area contributed by atoms with Crippen LogP contribution in [0.15, 0.2) is 42.6 Å². The summed E-state index contributed by atoms with van der Waals surface area (Å²) < 4.78 is 10.4. The molecular formula is C20H25ClN4O3. The van der Waals surface area contributed by atoms with E-state index in [-0.39, 0.29) is 6.03 Å². The van der Waals surface area contributed by atoms with E-state index >= 15 is 0 Å². The van der Waals surface area contributed by atoms with Crippen LogP contribution in [0.25, 0.3) is 0 Å². The van der Waals surface area contributed by atoms with E-state index in [0.29, 0.717) is 38.7 Å². The fourth-order valence-electron chi connectivity index (χ4n) is 2.98. The quantitative estimate of drug-likeness (QED) is 0.719. The van der Waals surface area contributed by atoms with Gasteiger partial charge in [0.1, 0.15) is 6.61 Å². The first kappa shape index (κ1) is 20.2. The maximum atomic E-state index is 12.4. The monoisotopic (exact) mass is 404 g/mol. The molecule has 1 fully saturated rings. The number of hydrogen-bond acceptors (Lipinski definition) is 5. The molecule has 3 rings (SSSR count). The van der Waals surface area contributed by atoms with Gasteiger partial charge in [0.15, 0.2) is 0 Å². The molecule has 28 heavy (non-hydrogen) atoms. The summed E-state index contributed by atoms with van der Waals surface area (Å²) in [5, 5.41) is 3.69. The third kappa shape index (κ3) is 5.50. The standard InChI is InChI=1S/C20H25ClN4O3/c1-27-12-13-28-19-7-6-16(14-22-19)15-23-20(26)25-10-8-24(9-11-25)18-5-3-2-4-17(18)21/h2-7,14H,8-13,15H2,1H3,(H,23,26). The number of nitrogens with zero attached hydrogens (tertiary/aromatic N) is 3. The maximum absolute atomic E-state index is 12.4. The lowest BCUT2D eigenvalue weighted by Crippen LogP contribution is -2.51. The highest BCUT2D eigenvalue weighted by molar-refractivity contribution is 6.33. The number of anilines is 1. The van der Waals surface area contributed by atoms with Crippen molar-refractivity contribution < 1.29 is 14.3 Å². The third-order valence-corrected chi connectivity index (χ3v) is 4.86. The molecule has 0 bridgehead atoms. The Labute approximate surface area is 170 Å². The number of rotatable bonds is 7. The number of ether oxygens (including phenoxy) is 2. The molecule has 1 saturated heterocycles. The van der Waals surface area contributed by atoms with Gasteiger partial charge in [0.2, 0.25) is 5.88 Å². The Morgan fingerprint density at radius 2 is 1.93 bits per heavy atom. The molecule has 0 saturated carbocycles. The van der Waals surface area contributed by atoms with E-state index in [0.717, 1.165) is 29.4 Å². The van der Waals surface area contributed by atoms with Gasteiger partial charge in [0.05, 0.1) is 17.3 Å². The van der Waals surface area contributed by atoms with Crippen molar-refractivity contribution in [2.75, 3.05) is 51.4 Å². The molecular weight excluding hydrogens is 380 g/mol. The number of urea groups is 1. The Balaban J connectivity index is 1.43. The second-order valence-electron chi connectivity index (χ2n) is 6.43. The number of benzene rings is 1. The molecule has 0 atom stereocenters. The molecule has 150 valence electrons. The molecule has 1 N–H and O–H groups in total. The van der Waals surface area contributed by atoms with Crippen LogP contribution in [0.5, 0.6) is 5.88 Å². The molecule has 8 heteroatoms. The summed E-state index contributed by atoms with van der Waals surface area (Å²) in [4.78, 5) is 20.7. The summed E-state index contributed by atoms with van der Waals surface area (Å²) in [6.45, 7) is 4.22. The zero-order chi connectivity index (χ0) is 19.8. The van der Waals surface area contributed by atoms with Gasteiger partial charge in [0.25, 0.3) is 0 Å². The van der Waals surface area contributed by atoms with Gasteiger partial charge < -0.3 is 24.6 Å². The molecule has 0 radical (unpaired) electrons. The summed E-state index contributed by atoms with van der Waals surface area (Å²) in [6.07, 6.45) is 1.71. The lowest BCUT2D eigenvalue weighted by atomic mass is 10.2. The van der Waals surface area contributed by atoms with Crippen molar-refractivity contribution in [2.45, 2.75) is 6.54 Å². The molecule has 1 aliphatic rings. The van der Waals surface area contributed by atoms with Crippen LogP contribution in [0.2, 0.25) is 5.02 Å². The Bertz CT molecular complexity index is 764. The van der Waals surface area contributed by atoms with E-state index in [9.17, 15) is 4.79 Å². The topological polar surface area (TPSA) is 66.9 Å². The smallest absolute Gasteiger partial charge is 0.317 e. The van der Waals surface area contributed by atoms with Crippen molar-refractivity contribution in [3.05, 3.63) is 53.2 Å². The SMILES string of the molecule is COCCOc1ccc(CNC(=O)N2CCN(c3ccccc3Cl)CC2)cn1. The highest BCUT2D eigenvalue weighted by atomic mass is 35.5. The largest absolute Gasteiger partial charge is 0.475 e. The van der Waals surface area contributed by atoms with E-state index in [1.807, 2.05) is 35.2 Å². The molecule has 0 aliphatic carbocycles. The lowest BCUT2D eigenvalue weighted by Gasteiger charge is -2.36. The Morgan fingerprint density at radius 3 is 2.61 bits per heavy atom. The van der Waals surface area contributed by atoms with Crippen LogP contribution in [0.1, 0.15) is 5.56 Å². The average molecular weight is 405 g/mol. The normalized spacial score (nSPS) is 14.1. The number of aromatic nitrogens is 1. The third-order valence-electron chi connectivity index (χ3n) is 4.54. The van der Waals surface area contributed by atoms with Crippen LogP contribution in [-0.4, -0.2) is 62.4 Å². The van der Waals surface area contributed by atoms with Crippen molar-refractivity contribution >= 4 is 23.3 Å². The second kappa shape index (κ2) is 10.1. The van der Waals surface area contributed by atoms with E-state index in [1.54, 1.807) is 19.4 Å². The van der Waals surface area contributed by atoms with E-state index in [1.165, 1.54) is 0 Å². The number of nitrogens with one attached hydrogen (secondary N) is 1. The zero-order valence-corrected chi connectivity index (χ0v) is 16.7. The highest BCUT2D eigenvalue weighted by Gasteiger charge is 2.22. The van der Waals surface area contributed by atoms with Crippen molar-refractivity contribution in [1.82, 2.24) is 15.2 Å². The molecule has 7 nitrogen and oxygen atoms in total. The first-order valence-corrected chi connectivity index (χ1v) is 9.64. The van der Waals surface area contributed by atoms with Gasteiger partial charge >= 0.3 is 6.03 Å². The predicted octanol–water partition coefficient (Wildman–Crippen LogP) is 2.79. The average Bonchev–Trinajstić information content (AvgIpc) is 2.74. The number of hydrogen-bond donors (Lipinski definition) is 1. The van der Waals surface area contributed by atoms with Crippen molar-refractivity contribution in [3.63, 3.8) is 0 Å². The van der Waals surface area contributed by atoms with Gasteiger partial charge in [0, 0.05) is 52.1 Å². The van der Waals surface area contributed by atoms with Crippen LogP contribution in [0, 0.1) is 0 Å². The van der Waals surface area contributed by atoms with Crippen LogP contribution in [0.3, 0.4) is 0 Å². The number of carbonyl (C=O) groups is 1. The van der Waals surface area contributed by atoms with Crippen LogP contribution in [-0.2, 0) is 11.3 Å². The van der Waals surface area contributed by atoms with Crippen LogP contribution >= 0.6 is 11.6 Å². The van der Waals surface area contributed by atoms with E-state index in [2.05, 4.69) is 15.2 Å². The number of halogens is 1. The van der Waals surface area contributed by atoms with E-state index in [4.69, 9.17) is 21.1 Å². The fourth-order valence-corrected chi connectivity index (χ4v) is 3.23. The zero-order valence-electron chi connectivity index (χ0n) is 15.9.